The van der Waals surface area contributed by atoms with Crippen molar-refractivity contribution in [2.75, 3.05) is 7.11 Å². The van der Waals surface area contributed by atoms with E-state index < -0.39 is 0 Å². The van der Waals surface area contributed by atoms with E-state index in [-0.39, 0.29) is 17.8 Å². The highest BCUT2D eigenvalue weighted by molar-refractivity contribution is 5.77. The van der Waals surface area contributed by atoms with Gasteiger partial charge in [-0.25, -0.2) is 4.98 Å². The molecule has 0 aliphatic carbocycles. The molecule has 0 aliphatic rings. The molecule has 0 radical (unpaired) electrons. The number of esters is 1. The van der Waals surface area contributed by atoms with Crippen molar-refractivity contribution < 1.29 is 9.53 Å². The predicted molar refractivity (Wildman–Crippen MR) is 48.2 cm³/mol. The van der Waals surface area contributed by atoms with Gasteiger partial charge in [-0.2, -0.15) is 0 Å². The number of H-pyrrole nitrogens is 1. The van der Waals surface area contributed by atoms with Crippen LogP contribution < -0.4 is 0 Å². The lowest BCUT2D eigenvalue weighted by Gasteiger charge is -2.15. The van der Waals surface area contributed by atoms with Crippen LogP contribution in [-0.2, 0) is 9.53 Å². The van der Waals surface area contributed by atoms with Crippen LogP contribution in [0.3, 0.4) is 0 Å². The molecule has 0 aliphatic heterocycles. The number of imidazole rings is 1. The van der Waals surface area contributed by atoms with Gasteiger partial charge in [-0.1, -0.05) is 13.8 Å². The van der Waals surface area contributed by atoms with Gasteiger partial charge in [0.1, 0.15) is 5.92 Å². The van der Waals surface area contributed by atoms with Crippen molar-refractivity contribution in [1.82, 2.24) is 9.97 Å². The number of methoxy groups -OCH3 is 1. The van der Waals surface area contributed by atoms with Gasteiger partial charge in [-0.3, -0.25) is 4.79 Å². The molecule has 4 heteroatoms. The van der Waals surface area contributed by atoms with E-state index in [9.17, 15) is 4.79 Å². The third kappa shape index (κ3) is 2.08. The van der Waals surface area contributed by atoms with Crippen molar-refractivity contribution in [3.05, 3.63) is 18.2 Å². The van der Waals surface area contributed by atoms with Gasteiger partial charge in [0.2, 0.25) is 0 Å². The van der Waals surface area contributed by atoms with Crippen LogP contribution in [0.15, 0.2) is 12.5 Å². The second kappa shape index (κ2) is 4.07. The molecule has 1 atom stereocenters. The molecule has 1 aromatic heterocycles. The maximum absolute atomic E-state index is 11.4. The second-order valence-electron chi connectivity index (χ2n) is 3.25. The van der Waals surface area contributed by atoms with E-state index in [1.54, 1.807) is 12.5 Å². The molecular formula is C9H14N2O2. The minimum Gasteiger partial charge on any atom is -0.468 e. The highest BCUT2D eigenvalue weighted by atomic mass is 16.5. The minimum absolute atomic E-state index is 0.202. The van der Waals surface area contributed by atoms with Gasteiger partial charge >= 0.3 is 5.97 Å². The first-order valence-corrected chi connectivity index (χ1v) is 4.23. The lowest BCUT2D eigenvalue weighted by atomic mass is 9.93. The Morgan fingerprint density at radius 2 is 2.31 bits per heavy atom. The number of hydrogen-bond acceptors (Lipinski definition) is 3. The summed E-state index contributed by atoms with van der Waals surface area (Å²) in [6, 6.07) is 0. The fraction of sp³-hybridized carbons (Fsp3) is 0.556. The number of aromatic nitrogens is 2. The number of carbonyl (C=O) groups is 1. The molecule has 72 valence electrons. The monoisotopic (exact) mass is 182 g/mol. The van der Waals surface area contributed by atoms with Crippen molar-refractivity contribution >= 4 is 5.97 Å². The van der Waals surface area contributed by atoms with E-state index in [2.05, 4.69) is 9.97 Å². The summed E-state index contributed by atoms with van der Waals surface area (Å²) in [5, 5.41) is 0. The first-order chi connectivity index (χ1) is 6.16. The third-order valence-electron chi connectivity index (χ3n) is 1.98. The van der Waals surface area contributed by atoms with E-state index in [4.69, 9.17) is 4.74 Å². The van der Waals surface area contributed by atoms with Crippen LogP contribution in [0.2, 0.25) is 0 Å². The van der Waals surface area contributed by atoms with Crippen molar-refractivity contribution in [3.8, 4) is 0 Å². The van der Waals surface area contributed by atoms with Gasteiger partial charge in [0.25, 0.3) is 0 Å². The van der Waals surface area contributed by atoms with Crippen LogP contribution in [0.5, 0.6) is 0 Å². The maximum atomic E-state index is 11.4. The Balaban J connectivity index is 2.87. The quantitative estimate of drug-likeness (QED) is 0.717. The van der Waals surface area contributed by atoms with Crippen LogP contribution >= 0.6 is 0 Å². The van der Waals surface area contributed by atoms with Crippen LogP contribution in [0, 0.1) is 5.92 Å². The van der Waals surface area contributed by atoms with E-state index in [1.807, 2.05) is 13.8 Å². The zero-order valence-electron chi connectivity index (χ0n) is 8.07. The fourth-order valence-electron chi connectivity index (χ4n) is 1.32. The molecule has 1 unspecified atom stereocenters. The molecule has 0 amide bonds. The highest BCUT2D eigenvalue weighted by Crippen LogP contribution is 2.23. The van der Waals surface area contributed by atoms with Crippen LogP contribution in [0.1, 0.15) is 25.5 Å². The molecule has 1 heterocycles. The number of aromatic amines is 1. The molecular weight excluding hydrogens is 168 g/mol. The van der Waals surface area contributed by atoms with Crippen molar-refractivity contribution in [2.45, 2.75) is 19.8 Å². The fourth-order valence-corrected chi connectivity index (χ4v) is 1.32. The number of nitrogens with one attached hydrogen (secondary N) is 1. The SMILES string of the molecule is COC(=O)C(c1cnc[nH]1)C(C)C. The predicted octanol–water partition coefficient (Wildman–Crippen LogP) is 1.32. The average Bonchev–Trinajstić information content (AvgIpc) is 2.56. The van der Waals surface area contributed by atoms with Crippen molar-refractivity contribution in [2.24, 2.45) is 5.92 Å². The van der Waals surface area contributed by atoms with E-state index in [0.29, 0.717) is 0 Å². The molecule has 1 N–H and O–H groups in total. The van der Waals surface area contributed by atoms with Gasteiger partial charge in [0, 0.05) is 11.9 Å². The lowest BCUT2D eigenvalue weighted by molar-refractivity contribution is -0.143. The Morgan fingerprint density at radius 1 is 1.62 bits per heavy atom. The molecule has 1 aromatic rings. The van der Waals surface area contributed by atoms with E-state index in [1.165, 1.54) is 7.11 Å². The third-order valence-corrected chi connectivity index (χ3v) is 1.98. The number of carbonyl (C=O) groups excluding carboxylic acids is 1. The zero-order chi connectivity index (χ0) is 9.84. The number of rotatable bonds is 3. The van der Waals surface area contributed by atoms with Gasteiger partial charge in [0.05, 0.1) is 13.4 Å². The normalized spacial score (nSPS) is 12.9. The average molecular weight is 182 g/mol. The molecule has 0 spiro atoms. The summed E-state index contributed by atoms with van der Waals surface area (Å²) in [6.45, 7) is 3.95. The van der Waals surface area contributed by atoms with E-state index in [0.717, 1.165) is 5.69 Å². The first-order valence-electron chi connectivity index (χ1n) is 4.23. The van der Waals surface area contributed by atoms with Gasteiger partial charge < -0.3 is 9.72 Å². The lowest BCUT2D eigenvalue weighted by Crippen LogP contribution is -2.19. The summed E-state index contributed by atoms with van der Waals surface area (Å²) < 4.78 is 4.71. The smallest absolute Gasteiger partial charge is 0.314 e. The molecule has 0 bridgehead atoms. The number of nitrogens with zero attached hydrogens (tertiary/aromatic N) is 1. The second-order valence-corrected chi connectivity index (χ2v) is 3.25. The van der Waals surface area contributed by atoms with E-state index >= 15 is 0 Å². The van der Waals surface area contributed by atoms with Crippen LogP contribution in [0.4, 0.5) is 0 Å². The minimum atomic E-state index is -0.243. The zero-order valence-corrected chi connectivity index (χ0v) is 8.07. The molecule has 0 fully saturated rings. The number of ether oxygens (including phenoxy) is 1. The van der Waals surface area contributed by atoms with Crippen LogP contribution in [-0.4, -0.2) is 23.0 Å². The Morgan fingerprint density at radius 3 is 2.69 bits per heavy atom. The Labute approximate surface area is 77.3 Å². The summed E-state index contributed by atoms with van der Waals surface area (Å²) in [5.41, 5.74) is 0.807. The summed E-state index contributed by atoms with van der Waals surface area (Å²) in [4.78, 5) is 18.2. The summed E-state index contributed by atoms with van der Waals surface area (Å²) in [7, 11) is 1.40. The van der Waals surface area contributed by atoms with Gasteiger partial charge in [-0.15, -0.1) is 0 Å². The first kappa shape index (κ1) is 9.77. The van der Waals surface area contributed by atoms with Crippen LogP contribution in [0.25, 0.3) is 0 Å². The molecule has 0 saturated carbocycles. The molecule has 4 nitrogen and oxygen atoms in total. The molecule has 0 saturated heterocycles. The van der Waals surface area contributed by atoms with Crippen molar-refractivity contribution in [1.29, 1.82) is 0 Å². The standard InChI is InChI=1S/C9H14N2O2/c1-6(2)8(9(12)13-3)7-4-10-5-11-7/h4-6,8H,1-3H3,(H,10,11). The Kier molecular flexibility index (Phi) is 3.06. The molecule has 0 aromatic carbocycles. The molecule has 13 heavy (non-hydrogen) atoms. The largest absolute Gasteiger partial charge is 0.468 e. The summed E-state index contributed by atoms with van der Waals surface area (Å²) in [5.74, 6) is -0.264. The topological polar surface area (TPSA) is 55.0 Å². The van der Waals surface area contributed by atoms with Crippen molar-refractivity contribution in [3.63, 3.8) is 0 Å². The summed E-state index contributed by atoms with van der Waals surface area (Å²) >= 11 is 0. The van der Waals surface area contributed by atoms with Gasteiger partial charge in [-0.05, 0) is 5.92 Å². The highest BCUT2D eigenvalue weighted by Gasteiger charge is 2.25. The Bertz CT molecular complexity index is 267. The van der Waals surface area contributed by atoms with Gasteiger partial charge in [0.15, 0.2) is 0 Å². The number of hydrogen-bond donors (Lipinski definition) is 1. The maximum Gasteiger partial charge on any atom is 0.314 e. The Hall–Kier alpha value is -1.32. The summed E-state index contributed by atoms with van der Waals surface area (Å²) in [6.07, 6.45) is 3.22. The molecule has 1 rings (SSSR count).